The molecule has 0 aliphatic carbocycles. The first-order valence-electron chi connectivity index (χ1n) is 7.27. The number of thiazole rings is 1. The van der Waals surface area contributed by atoms with E-state index < -0.39 is 0 Å². The van der Waals surface area contributed by atoms with Crippen molar-refractivity contribution in [3.05, 3.63) is 64.4 Å². The van der Waals surface area contributed by atoms with Crippen LogP contribution in [0.5, 0.6) is 5.75 Å². The van der Waals surface area contributed by atoms with Crippen LogP contribution in [0.4, 0.5) is 0 Å². The Morgan fingerprint density at radius 3 is 2.92 bits per heavy atom. The van der Waals surface area contributed by atoms with Crippen LogP contribution in [0.3, 0.4) is 0 Å². The van der Waals surface area contributed by atoms with Gasteiger partial charge in [-0.05, 0) is 38.1 Å². The number of hydrogen-bond donors (Lipinski definition) is 2. The molecule has 3 aromatic rings. The molecule has 0 radical (unpaired) electrons. The Hall–Kier alpha value is -2.93. The van der Waals surface area contributed by atoms with E-state index in [-0.39, 0.29) is 11.7 Å². The Kier molecular flexibility index (Phi) is 4.43. The molecule has 0 bridgehead atoms. The summed E-state index contributed by atoms with van der Waals surface area (Å²) in [5, 5.41) is 16.2. The lowest BCUT2D eigenvalue weighted by Gasteiger charge is -2.04. The van der Waals surface area contributed by atoms with Gasteiger partial charge in [0.15, 0.2) is 5.13 Å². The predicted molar refractivity (Wildman–Crippen MR) is 94.1 cm³/mol. The van der Waals surface area contributed by atoms with Crippen molar-refractivity contribution in [3.63, 3.8) is 0 Å². The molecule has 6 nitrogen and oxygen atoms in total. The molecule has 0 fully saturated rings. The molecular weight excluding hydrogens is 324 g/mol. The van der Waals surface area contributed by atoms with Gasteiger partial charge in [0.05, 0.1) is 6.21 Å². The Bertz CT molecular complexity index is 897. The number of aromatic hydroxyl groups is 1. The fourth-order valence-corrected chi connectivity index (χ4v) is 3.16. The van der Waals surface area contributed by atoms with Gasteiger partial charge in [-0.3, -0.25) is 9.36 Å². The molecular formula is C17H16N4O2S. The molecule has 2 aromatic heterocycles. The molecule has 0 atom stereocenters. The van der Waals surface area contributed by atoms with Gasteiger partial charge in [-0.15, -0.1) is 11.3 Å². The highest BCUT2D eigenvalue weighted by Crippen LogP contribution is 2.21. The van der Waals surface area contributed by atoms with Gasteiger partial charge in [-0.2, -0.15) is 5.10 Å². The minimum absolute atomic E-state index is 0.0404. The van der Waals surface area contributed by atoms with Gasteiger partial charge >= 0.3 is 0 Å². The molecule has 0 aliphatic rings. The highest BCUT2D eigenvalue weighted by Gasteiger charge is 2.11. The summed E-state index contributed by atoms with van der Waals surface area (Å²) in [4.78, 5) is 16.3. The monoisotopic (exact) mass is 340 g/mol. The van der Waals surface area contributed by atoms with Gasteiger partial charge in [-0.1, -0.05) is 6.07 Å². The van der Waals surface area contributed by atoms with Crippen LogP contribution in [0.2, 0.25) is 0 Å². The minimum Gasteiger partial charge on any atom is -0.508 e. The number of hydrazone groups is 1. The molecule has 0 saturated heterocycles. The first-order chi connectivity index (χ1) is 11.6. The first kappa shape index (κ1) is 15.9. The lowest BCUT2D eigenvalue weighted by molar-refractivity contribution is 0.0954. The highest BCUT2D eigenvalue weighted by atomic mass is 32.1. The summed E-state index contributed by atoms with van der Waals surface area (Å²) in [6, 6.07) is 8.10. The standard InChI is InChI=1S/C17H16N4O2S/c1-11-8-14(12(2)21(11)17-18-6-7-24-17)10-19-20-16(23)13-4-3-5-15(22)9-13/h3-10,22H,1-2H3,(H,20,23)/b19-10-. The van der Waals surface area contributed by atoms with E-state index in [0.717, 1.165) is 22.1 Å². The number of nitrogens with zero attached hydrogens (tertiary/aromatic N) is 3. The number of carbonyl (C=O) groups excluding carboxylic acids is 1. The van der Waals surface area contributed by atoms with Crippen molar-refractivity contribution in [1.82, 2.24) is 15.0 Å². The summed E-state index contributed by atoms with van der Waals surface area (Å²) >= 11 is 1.56. The van der Waals surface area contributed by atoms with E-state index in [2.05, 4.69) is 15.5 Å². The third kappa shape index (κ3) is 3.21. The topological polar surface area (TPSA) is 79.5 Å². The lowest BCUT2D eigenvalue weighted by atomic mass is 10.2. The van der Waals surface area contributed by atoms with Crippen molar-refractivity contribution in [1.29, 1.82) is 0 Å². The fourth-order valence-electron chi connectivity index (χ4n) is 2.41. The van der Waals surface area contributed by atoms with Crippen LogP contribution in [0.15, 0.2) is 47.0 Å². The molecule has 0 saturated carbocycles. The number of nitrogens with one attached hydrogen (secondary N) is 1. The number of aryl methyl sites for hydroxylation is 1. The van der Waals surface area contributed by atoms with E-state index in [0.29, 0.717) is 5.56 Å². The van der Waals surface area contributed by atoms with Gasteiger partial charge in [0.2, 0.25) is 0 Å². The third-order valence-electron chi connectivity index (χ3n) is 3.56. The van der Waals surface area contributed by atoms with Crippen molar-refractivity contribution in [2.45, 2.75) is 13.8 Å². The van der Waals surface area contributed by atoms with Gasteiger partial charge in [0.1, 0.15) is 5.75 Å². The zero-order chi connectivity index (χ0) is 17.1. The molecule has 0 spiro atoms. The highest BCUT2D eigenvalue weighted by molar-refractivity contribution is 7.12. The zero-order valence-corrected chi connectivity index (χ0v) is 14.0. The van der Waals surface area contributed by atoms with Crippen molar-refractivity contribution in [2.24, 2.45) is 5.10 Å². The second-order valence-corrected chi connectivity index (χ2v) is 6.10. The molecule has 3 rings (SSSR count). The molecule has 1 aromatic carbocycles. The fraction of sp³-hybridized carbons (Fsp3) is 0.118. The van der Waals surface area contributed by atoms with Crippen molar-refractivity contribution in [2.75, 3.05) is 0 Å². The minimum atomic E-state index is -0.379. The summed E-state index contributed by atoms with van der Waals surface area (Å²) in [6.45, 7) is 3.98. The van der Waals surface area contributed by atoms with Gasteiger partial charge in [0, 0.05) is 34.1 Å². The van der Waals surface area contributed by atoms with Crippen LogP contribution in [0.1, 0.15) is 27.3 Å². The van der Waals surface area contributed by atoms with E-state index >= 15 is 0 Å². The number of phenols is 1. The van der Waals surface area contributed by atoms with Gasteiger partial charge < -0.3 is 5.11 Å². The Morgan fingerprint density at radius 2 is 2.21 bits per heavy atom. The maximum atomic E-state index is 12.0. The molecule has 0 aliphatic heterocycles. The number of aromatic nitrogens is 2. The second kappa shape index (κ2) is 6.67. The number of amides is 1. The van der Waals surface area contributed by atoms with E-state index in [1.54, 1.807) is 35.9 Å². The van der Waals surface area contributed by atoms with Crippen LogP contribution in [-0.4, -0.2) is 26.8 Å². The summed E-state index contributed by atoms with van der Waals surface area (Å²) in [5.41, 5.74) is 5.75. The summed E-state index contributed by atoms with van der Waals surface area (Å²) in [5.74, 6) is -0.338. The second-order valence-electron chi connectivity index (χ2n) is 5.23. The molecule has 122 valence electrons. The van der Waals surface area contributed by atoms with Crippen LogP contribution >= 0.6 is 11.3 Å². The van der Waals surface area contributed by atoms with Gasteiger partial charge in [0.25, 0.3) is 5.91 Å². The van der Waals surface area contributed by atoms with Crippen molar-refractivity contribution >= 4 is 23.5 Å². The van der Waals surface area contributed by atoms with Crippen LogP contribution in [0, 0.1) is 13.8 Å². The Labute approximate surface area is 143 Å². The molecule has 2 N–H and O–H groups in total. The molecule has 24 heavy (non-hydrogen) atoms. The summed E-state index contributed by atoms with van der Waals surface area (Å²) in [7, 11) is 0. The maximum Gasteiger partial charge on any atom is 0.271 e. The molecule has 2 heterocycles. The average Bonchev–Trinajstić information content (AvgIpc) is 3.16. The lowest BCUT2D eigenvalue weighted by Crippen LogP contribution is -2.17. The van der Waals surface area contributed by atoms with Gasteiger partial charge in [-0.25, -0.2) is 10.4 Å². The average molecular weight is 340 g/mol. The van der Waals surface area contributed by atoms with E-state index in [1.807, 2.05) is 29.9 Å². The number of rotatable bonds is 4. The van der Waals surface area contributed by atoms with Crippen LogP contribution in [0.25, 0.3) is 5.13 Å². The van der Waals surface area contributed by atoms with Crippen LogP contribution < -0.4 is 5.43 Å². The quantitative estimate of drug-likeness (QED) is 0.566. The van der Waals surface area contributed by atoms with E-state index in [4.69, 9.17) is 0 Å². The molecule has 1 amide bonds. The summed E-state index contributed by atoms with van der Waals surface area (Å²) in [6.07, 6.45) is 3.37. The predicted octanol–water partition coefficient (Wildman–Crippen LogP) is 3.02. The number of phenolic OH excluding ortho intramolecular Hbond substituents is 1. The zero-order valence-electron chi connectivity index (χ0n) is 13.2. The van der Waals surface area contributed by atoms with E-state index in [9.17, 15) is 9.90 Å². The van der Waals surface area contributed by atoms with Crippen molar-refractivity contribution < 1.29 is 9.90 Å². The Balaban J connectivity index is 1.76. The Morgan fingerprint density at radius 1 is 1.38 bits per heavy atom. The number of carbonyl (C=O) groups is 1. The van der Waals surface area contributed by atoms with Crippen molar-refractivity contribution in [3.8, 4) is 10.9 Å². The smallest absolute Gasteiger partial charge is 0.271 e. The third-order valence-corrected chi connectivity index (χ3v) is 4.32. The molecule has 0 unspecified atom stereocenters. The number of benzene rings is 1. The first-order valence-corrected chi connectivity index (χ1v) is 8.15. The maximum absolute atomic E-state index is 12.0. The SMILES string of the molecule is Cc1cc(/C=N\NC(=O)c2cccc(O)c2)c(C)n1-c1nccs1. The normalized spacial score (nSPS) is 11.1. The summed E-state index contributed by atoms with van der Waals surface area (Å²) < 4.78 is 2.04. The van der Waals surface area contributed by atoms with Crippen LogP contribution in [-0.2, 0) is 0 Å². The largest absolute Gasteiger partial charge is 0.508 e. The number of hydrogen-bond acceptors (Lipinski definition) is 5. The molecule has 7 heteroatoms. The van der Waals surface area contributed by atoms with E-state index in [1.165, 1.54) is 12.1 Å².